The maximum atomic E-state index is 12.1. The van der Waals surface area contributed by atoms with Gasteiger partial charge in [-0.2, -0.15) is 0 Å². The molecule has 5 nitrogen and oxygen atoms in total. The van der Waals surface area contributed by atoms with Gasteiger partial charge in [0, 0.05) is 5.56 Å². The molecule has 0 unspecified atom stereocenters. The molecule has 0 bridgehead atoms. The van der Waals surface area contributed by atoms with Gasteiger partial charge in [0.2, 0.25) is 5.90 Å². The van der Waals surface area contributed by atoms with E-state index in [0.29, 0.717) is 19.1 Å². The van der Waals surface area contributed by atoms with Gasteiger partial charge in [-0.1, -0.05) is 42.5 Å². The lowest BCUT2D eigenvalue weighted by Crippen LogP contribution is -2.09. The molecular weight excluding hydrogens is 378 g/mol. The van der Waals surface area contributed by atoms with Crippen LogP contribution in [0.5, 0.6) is 11.5 Å². The first-order valence-corrected chi connectivity index (χ1v) is 9.68. The average molecular weight is 399 g/mol. The van der Waals surface area contributed by atoms with Crippen molar-refractivity contribution in [3.63, 3.8) is 0 Å². The zero-order chi connectivity index (χ0) is 20.8. The zero-order valence-corrected chi connectivity index (χ0v) is 16.6. The number of carbonyl (C=O) groups is 1. The Balaban J connectivity index is 1.33. The number of ether oxygens (including phenoxy) is 3. The van der Waals surface area contributed by atoms with E-state index < -0.39 is 5.97 Å². The minimum atomic E-state index is -0.456. The third-order valence-corrected chi connectivity index (χ3v) is 4.44. The highest BCUT2D eigenvalue weighted by molar-refractivity contribution is 6.12. The van der Waals surface area contributed by atoms with Crippen LogP contribution in [0.1, 0.15) is 16.7 Å². The van der Waals surface area contributed by atoms with Gasteiger partial charge < -0.3 is 14.2 Å². The van der Waals surface area contributed by atoms with E-state index in [9.17, 15) is 4.79 Å². The quantitative estimate of drug-likeness (QED) is 0.325. The molecule has 3 aromatic carbocycles. The summed E-state index contributed by atoms with van der Waals surface area (Å²) in [6, 6.07) is 24.7. The fourth-order valence-electron chi connectivity index (χ4n) is 2.96. The van der Waals surface area contributed by atoms with Gasteiger partial charge in [0.15, 0.2) is 5.70 Å². The molecule has 30 heavy (non-hydrogen) atoms. The summed E-state index contributed by atoms with van der Waals surface area (Å²) in [6.07, 6.45) is 1.70. The normalized spacial score (nSPS) is 14.4. The van der Waals surface area contributed by atoms with Gasteiger partial charge in [0.1, 0.15) is 24.7 Å². The first kappa shape index (κ1) is 19.5. The molecule has 150 valence electrons. The Morgan fingerprint density at radius 3 is 2.33 bits per heavy atom. The maximum absolute atomic E-state index is 12.1. The van der Waals surface area contributed by atoms with E-state index in [2.05, 4.69) is 4.99 Å². The molecule has 0 atom stereocenters. The smallest absolute Gasteiger partial charge is 0.363 e. The monoisotopic (exact) mass is 399 g/mol. The van der Waals surface area contributed by atoms with Crippen LogP contribution in [0.15, 0.2) is 89.6 Å². The van der Waals surface area contributed by atoms with E-state index in [1.807, 2.05) is 85.8 Å². The summed E-state index contributed by atoms with van der Waals surface area (Å²) in [7, 11) is 0. The molecule has 0 amide bonds. The first-order valence-electron chi connectivity index (χ1n) is 9.68. The molecule has 1 heterocycles. The Hall–Kier alpha value is -3.86. The van der Waals surface area contributed by atoms with Crippen molar-refractivity contribution in [3.05, 3.63) is 101 Å². The second-order valence-corrected chi connectivity index (χ2v) is 6.78. The largest absolute Gasteiger partial charge is 0.490 e. The maximum Gasteiger partial charge on any atom is 0.363 e. The molecule has 0 aromatic heterocycles. The van der Waals surface area contributed by atoms with Gasteiger partial charge >= 0.3 is 5.97 Å². The van der Waals surface area contributed by atoms with Crippen molar-refractivity contribution >= 4 is 17.9 Å². The minimum Gasteiger partial charge on any atom is -0.490 e. The summed E-state index contributed by atoms with van der Waals surface area (Å²) in [6.45, 7) is 2.92. The zero-order valence-electron chi connectivity index (χ0n) is 16.6. The molecule has 1 aliphatic heterocycles. The van der Waals surface area contributed by atoms with Crippen molar-refractivity contribution in [2.75, 3.05) is 13.2 Å². The summed E-state index contributed by atoms with van der Waals surface area (Å²) in [4.78, 5) is 16.4. The van der Waals surface area contributed by atoms with Crippen LogP contribution >= 0.6 is 0 Å². The molecular formula is C25H21NO4. The molecule has 0 spiro atoms. The lowest BCUT2D eigenvalue weighted by Gasteiger charge is -2.09. The van der Waals surface area contributed by atoms with E-state index in [4.69, 9.17) is 14.2 Å². The van der Waals surface area contributed by atoms with E-state index in [1.54, 1.807) is 6.08 Å². The molecule has 3 aromatic rings. The van der Waals surface area contributed by atoms with Crippen molar-refractivity contribution in [1.29, 1.82) is 0 Å². The Morgan fingerprint density at radius 2 is 1.60 bits per heavy atom. The molecule has 1 aliphatic rings. The van der Waals surface area contributed by atoms with Crippen LogP contribution in [-0.2, 0) is 9.53 Å². The van der Waals surface area contributed by atoms with Gasteiger partial charge in [-0.05, 0) is 60.5 Å². The molecule has 0 aliphatic carbocycles. The van der Waals surface area contributed by atoms with E-state index in [0.717, 1.165) is 28.2 Å². The van der Waals surface area contributed by atoms with Crippen molar-refractivity contribution in [2.45, 2.75) is 6.92 Å². The lowest BCUT2D eigenvalue weighted by atomic mass is 10.2. The predicted octanol–water partition coefficient (Wildman–Crippen LogP) is 4.80. The van der Waals surface area contributed by atoms with Crippen LogP contribution in [0.3, 0.4) is 0 Å². The van der Waals surface area contributed by atoms with Gasteiger partial charge in [0.25, 0.3) is 0 Å². The van der Waals surface area contributed by atoms with Gasteiger partial charge in [0.05, 0.1) is 0 Å². The average Bonchev–Trinajstić information content (AvgIpc) is 3.13. The number of esters is 1. The number of hydrogen-bond acceptors (Lipinski definition) is 5. The van der Waals surface area contributed by atoms with Crippen molar-refractivity contribution < 1.29 is 19.0 Å². The van der Waals surface area contributed by atoms with E-state index >= 15 is 0 Å². The third-order valence-electron chi connectivity index (χ3n) is 4.44. The predicted molar refractivity (Wildman–Crippen MR) is 116 cm³/mol. The number of nitrogens with zero attached hydrogens (tertiary/aromatic N) is 1. The molecule has 0 saturated heterocycles. The standard InChI is InChI=1S/C25H21NO4/c1-18-6-5-9-22(16-18)29-15-14-28-21-12-10-19(11-13-21)17-23-25(27)30-24(26-23)20-7-3-2-4-8-20/h2-13,16-17H,14-15H2,1H3/b23-17-. The number of hydrogen-bond donors (Lipinski definition) is 0. The van der Waals surface area contributed by atoms with Crippen LogP contribution < -0.4 is 9.47 Å². The molecule has 5 heteroatoms. The van der Waals surface area contributed by atoms with Crippen LogP contribution in [0.4, 0.5) is 0 Å². The van der Waals surface area contributed by atoms with Crippen LogP contribution in [0.25, 0.3) is 6.08 Å². The Bertz CT molecular complexity index is 1090. The summed E-state index contributed by atoms with van der Waals surface area (Å²) < 4.78 is 16.7. The summed E-state index contributed by atoms with van der Waals surface area (Å²) >= 11 is 0. The van der Waals surface area contributed by atoms with Crippen molar-refractivity contribution in [3.8, 4) is 11.5 Å². The van der Waals surface area contributed by atoms with Gasteiger partial charge in [-0.25, -0.2) is 9.79 Å². The van der Waals surface area contributed by atoms with Crippen molar-refractivity contribution in [2.24, 2.45) is 4.99 Å². The fourth-order valence-corrected chi connectivity index (χ4v) is 2.96. The molecule has 0 fully saturated rings. The van der Waals surface area contributed by atoms with E-state index in [-0.39, 0.29) is 5.70 Å². The number of benzene rings is 3. The Morgan fingerprint density at radius 1 is 0.867 bits per heavy atom. The highest BCUT2D eigenvalue weighted by Gasteiger charge is 2.23. The summed E-state index contributed by atoms with van der Waals surface area (Å²) in [5.41, 5.74) is 3.04. The van der Waals surface area contributed by atoms with Gasteiger partial charge in [-0.3, -0.25) is 0 Å². The minimum absolute atomic E-state index is 0.272. The molecule has 0 saturated carbocycles. The second kappa shape index (κ2) is 9.09. The van der Waals surface area contributed by atoms with Crippen molar-refractivity contribution in [1.82, 2.24) is 0 Å². The number of rotatable bonds is 7. The Labute approximate surface area is 175 Å². The number of cyclic esters (lactones) is 1. The molecule has 0 N–H and O–H groups in total. The molecule has 0 radical (unpaired) electrons. The van der Waals surface area contributed by atoms with Crippen LogP contribution in [-0.4, -0.2) is 25.1 Å². The molecule has 4 rings (SSSR count). The lowest BCUT2D eigenvalue weighted by molar-refractivity contribution is -0.129. The van der Waals surface area contributed by atoms with Gasteiger partial charge in [-0.15, -0.1) is 0 Å². The SMILES string of the molecule is Cc1cccc(OCCOc2ccc(/C=C3\N=C(c4ccccc4)OC3=O)cc2)c1. The number of carbonyl (C=O) groups excluding carboxylic acids is 1. The third kappa shape index (κ3) is 4.94. The Kier molecular flexibility index (Phi) is 5.90. The highest BCUT2D eigenvalue weighted by Crippen LogP contribution is 2.20. The van der Waals surface area contributed by atoms with E-state index in [1.165, 1.54) is 0 Å². The highest BCUT2D eigenvalue weighted by atomic mass is 16.6. The summed E-state index contributed by atoms with van der Waals surface area (Å²) in [5, 5.41) is 0. The second-order valence-electron chi connectivity index (χ2n) is 6.78. The number of aliphatic imine (C=N–C) groups is 1. The topological polar surface area (TPSA) is 57.1 Å². The summed E-state index contributed by atoms with van der Waals surface area (Å²) in [5.74, 6) is 1.43. The number of aryl methyl sites for hydroxylation is 1. The van der Waals surface area contributed by atoms with Crippen LogP contribution in [0, 0.1) is 6.92 Å². The van der Waals surface area contributed by atoms with Crippen LogP contribution in [0.2, 0.25) is 0 Å². The fraction of sp³-hybridized carbons (Fsp3) is 0.120. The first-order chi connectivity index (χ1) is 14.7.